The van der Waals surface area contributed by atoms with E-state index in [2.05, 4.69) is 10.2 Å². The van der Waals surface area contributed by atoms with Crippen LogP contribution in [-0.4, -0.2) is 43.3 Å². The van der Waals surface area contributed by atoms with Crippen molar-refractivity contribution in [1.29, 1.82) is 5.26 Å². The minimum absolute atomic E-state index is 0.168. The highest BCUT2D eigenvalue weighted by Gasteiger charge is 2.31. The van der Waals surface area contributed by atoms with E-state index in [-0.39, 0.29) is 11.9 Å². The van der Waals surface area contributed by atoms with E-state index in [0.29, 0.717) is 30.3 Å². The zero-order valence-electron chi connectivity index (χ0n) is 12.0. The first kappa shape index (κ1) is 14.5. The Balaban J connectivity index is 1.49. The quantitative estimate of drug-likeness (QED) is 0.915. The van der Waals surface area contributed by atoms with Crippen LogP contribution in [0.1, 0.15) is 24.0 Å². The Hall–Kier alpha value is -1.48. The standard InChI is InChI=1S/C16H20FN3O/c17-16-4-3-12(7-18)6-13(16)8-19-9-15-10-20-5-1-2-14(20)11-21-15/h3-4,6,14-15,19H,1-2,5,8-11H2. The molecule has 2 aliphatic rings. The Labute approximate surface area is 124 Å². The van der Waals surface area contributed by atoms with Crippen LogP contribution in [0.15, 0.2) is 18.2 Å². The number of nitriles is 1. The summed E-state index contributed by atoms with van der Waals surface area (Å²) in [5.74, 6) is -0.273. The first-order valence-corrected chi connectivity index (χ1v) is 7.51. The normalized spacial score (nSPS) is 25.5. The second-order valence-electron chi connectivity index (χ2n) is 5.80. The predicted molar refractivity (Wildman–Crippen MR) is 77.2 cm³/mol. The molecule has 2 unspecified atom stereocenters. The van der Waals surface area contributed by atoms with Gasteiger partial charge in [0.2, 0.25) is 0 Å². The van der Waals surface area contributed by atoms with Crippen LogP contribution < -0.4 is 5.32 Å². The maximum absolute atomic E-state index is 13.7. The monoisotopic (exact) mass is 289 g/mol. The van der Waals surface area contributed by atoms with Crippen molar-refractivity contribution in [2.24, 2.45) is 0 Å². The lowest BCUT2D eigenvalue weighted by molar-refractivity contribution is -0.0470. The van der Waals surface area contributed by atoms with E-state index < -0.39 is 0 Å². The lowest BCUT2D eigenvalue weighted by Gasteiger charge is -2.35. The van der Waals surface area contributed by atoms with Crippen LogP contribution >= 0.6 is 0 Å². The summed E-state index contributed by atoms with van der Waals surface area (Å²) in [5.41, 5.74) is 1.02. The van der Waals surface area contributed by atoms with Gasteiger partial charge in [0, 0.05) is 31.2 Å². The summed E-state index contributed by atoms with van der Waals surface area (Å²) >= 11 is 0. The average molecular weight is 289 g/mol. The summed E-state index contributed by atoms with van der Waals surface area (Å²) in [6, 6.07) is 7.08. The molecular formula is C16H20FN3O. The van der Waals surface area contributed by atoms with Gasteiger partial charge in [-0.1, -0.05) is 0 Å². The molecule has 2 atom stereocenters. The number of nitrogens with one attached hydrogen (secondary N) is 1. The van der Waals surface area contributed by atoms with Crippen LogP contribution in [0.5, 0.6) is 0 Å². The number of rotatable bonds is 4. The molecule has 2 heterocycles. The van der Waals surface area contributed by atoms with Gasteiger partial charge in [-0.3, -0.25) is 4.90 Å². The Kier molecular flexibility index (Phi) is 4.49. The fourth-order valence-electron chi connectivity index (χ4n) is 3.16. The smallest absolute Gasteiger partial charge is 0.127 e. The molecule has 1 aromatic rings. The molecule has 0 spiro atoms. The van der Waals surface area contributed by atoms with Gasteiger partial charge in [-0.15, -0.1) is 0 Å². The second kappa shape index (κ2) is 6.52. The molecule has 21 heavy (non-hydrogen) atoms. The van der Waals surface area contributed by atoms with Crippen LogP contribution in [-0.2, 0) is 11.3 Å². The second-order valence-corrected chi connectivity index (χ2v) is 5.80. The Morgan fingerprint density at radius 1 is 1.48 bits per heavy atom. The fraction of sp³-hybridized carbons (Fsp3) is 0.562. The number of hydrogen-bond donors (Lipinski definition) is 1. The third kappa shape index (κ3) is 3.41. The molecule has 112 valence electrons. The topological polar surface area (TPSA) is 48.3 Å². The van der Waals surface area contributed by atoms with Gasteiger partial charge < -0.3 is 10.1 Å². The highest BCUT2D eigenvalue weighted by Crippen LogP contribution is 2.22. The zero-order chi connectivity index (χ0) is 14.7. The molecular weight excluding hydrogens is 269 g/mol. The van der Waals surface area contributed by atoms with Gasteiger partial charge in [-0.2, -0.15) is 5.26 Å². The van der Waals surface area contributed by atoms with Crippen LogP contribution in [0.4, 0.5) is 4.39 Å². The number of morpholine rings is 1. The third-order valence-corrected chi connectivity index (χ3v) is 4.32. The molecule has 0 saturated carbocycles. The average Bonchev–Trinajstić information content (AvgIpc) is 2.97. The molecule has 5 heteroatoms. The highest BCUT2D eigenvalue weighted by atomic mass is 19.1. The van der Waals surface area contributed by atoms with E-state index in [4.69, 9.17) is 10.00 Å². The van der Waals surface area contributed by atoms with E-state index in [9.17, 15) is 4.39 Å². The number of fused-ring (bicyclic) bond motifs is 1. The fourth-order valence-corrected chi connectivity index (χ4v) is 3.16. The first-order chi connectivity index (χ1) is 10.3. The van der Waals surface area contributed by atoms with Crippen LogP contribution in [0.25, 0.3) is 0 Å². The van der Waals surface area contributed by atoms with Crippen molar-refractivity contribution in [3.63, 3.8) is 0 Å². The van der Waals surface area contributed by atoms with E-state index in [1.54, 1.807) is 6.07 Å². The van der Waals surface area contributed by atoms with Gasteiger partial charge in [0.15, 0.2) is 0 Å². The van der Waals surface area contributed by atoms with E-state index in [1.165, 1.54) is 31.5 Å². The first-order valence-electron chi connectivity index (χ1n) is 7.51. The number of benzene rings is 1. The largest absolute Gasteiger partial charge is 0.374 e. The summed E-state index contributed by atoms with van der Waals surface area (Å²) in [7, 11) is 0. The van der Waals surface area contributed by atoms with Gasteiger partial charge in [-0.25, -0.2) is 4.39 Å². The molecule has 0 aromatic heterocycles. The summed E-state index contributed by atoms with van der Waals surface area (Å²) in [5, 5.41) is 12.1. The molecule has 0 radical (unpaired) electrons. The molecule has 0 aliphatic carbocycles. The predicted octanol–water partition coefficient (Wildman–Crippen LogP) is 1.65. The minimum Gasteiger partial charge on any atom is -0.374 e. The zero-order valence-corrected chi connectivity index (χ0v) is 12.0. The van der Waals surface area contributed by atoms with Crippen molar-refractivity contribution in [1.82, 2.24) is 10.2 Å². The molecule has 2 saturated heterocycles. The van der Waals surface area contributed by atoms with Crippen molar-refractivity contribution in [3.8, 4) is 6.07 Å². The molecule has 0 bridgehead atoms. The summed E-state index contributed by atoms with van der Waals surface area (Å²) in [4.78, 5) is 2.49. The Morgan fingerprint density at radius 2 is 2.38 bits per heavy atom. The van der Waals surface area contributed by atoms with Gasteiger partial charge in [0.25, 0.3) is 0 Å². The summed E-state index contributed by atoms with van der Waals surface area (Å²) in [6.45, 7) is 4.07. The molecule has 0 amide bonds. The molecule has 3 rings (SSSR count). The molecule has 4 nitrogen and oxygen atoms in total. The number of halogens is 1. The van der Waals surface area contributed by atoms with E-state index in [0.717, 1.165) is 13.2 Å². The number of ether oxygens (including phenoxy) is 1. The maximum Gasteiger partial charge on any atom is 0.127 e. The maximum atomic E-state index is 13.7. The van der Waals surface area contributed by atoms with E-state index >= 15 is 0 Å². The van der Waals surface area contributed by atoms with Gasteiger partial charge in [0.05, 0.1) is 24.3 Å². The van der Waals surface area contributed by atoms with Crippen molar-refractivity contribution in [2.75, 3.05) is 26.2 Å². The van der Waals surface area contributed by atoms with Crippen molar-refractivity contribution in [2.45, 2.75) is 31.5 Å². The van der Waals surface area contributed by atoms with Crippen LogP contribution in [0.3, 0.4) is 0 Å². The molecule has 1 N–H and O–H groups in total. The Morgan fingerprint density at radius 3 is 3.24 bits per heavy atom. The lowest BCUT2D eigenvalue weighted by atomic mass is 10.1. The van der Waals surface area contributed by atoms with Crippen LogP contribution in [0.2, 0.25) is 0 Å². The number of nitrogens with zero attached hydrogens (tertiary/aromatic N) is 2. The van der Waals surface area contributed by atoms with Gasteiger partial charge in [0.1, 0.15) is 5.82 Å². The van der Waals surface area contributed by atoms with Crippen LogP contribution in [0, 0.1) is 17.1 Å². The highest BCUT2D eigenvalue weighted by molar-refractivity contribution is 5.33. The van der Waals surface area contributed by atoms with Gasteiger partial charge in [-0.05, 0) is 37.6 Å². The van der Waals surface area contributed by atoms with Crippen molar-refractivity contribution >= 4 is 0 Å². The molecule has 2 fully saturated rings. The summed E-state index contributed by atoms with van der Waals surface area (Å²) in [6.07, 6.45) is 2.67. The molecule has 1 aromatic carbocycles. The Bertz CT molecular complexity index is 543. The lowest BCUT2D eigenvalue weighted by Crippen LogP contribution is -2.49. The van der Waals surface area contributed by atoms with Gasteiger partial charge >= 0.3 is 0 Å². The van der Waals surface area contributed by atoms with Crippen molar-refractivity contribution in [3.05, 3.63) is 35.1 Å². The summed E-state index contributed by atoms with van der Waals surface area (Å²) < 4.78 is 19.5. The molecule has 2 aliphatic heterocycles. The van der Waals surface area contributed by atoms with E-state index in [1.807, 2.05) is 6.07 Å². The minimum atomic E-state index is -0.273. The number of hydrogen-bond acceptors (Lipinski definition) is 4. The van der Waals surface area contributed by atoms with Crippen molar-refractivity contribution < 1.29 is 9.13 Å². The SMILES string of the molecule is N#Cc1ccc(F)c(CNCC2CN3CCCC3CO2)c1. The third-order valence-electron chi connectivity index (χ3n) is 4.32.